The quantitative estimate of drug-likeness (QED) is 0.366. The van der Waals surface area contributed by atoms with E-state index in [1.165, 1.54) is 69.4 Å². The summed E-state index contributed by atoms with van der Waals surface area (Å²) < 4.78 is 4.80. The van der Waals surface area contributed by atoms with E-state index in [1.54, 1.807) is 19.4 Å². The van der Waals surface area contributed by atoms with Gasteiger partial charge >= 0.3 is 5.97 Å². The molecule has 9 nitrogen and oxygen atoms in total. The van der Waals surface area contributed by atoms with Gasteiger partial charge in [-0.1, -0.05) is 18.6 Å². The average Bonchev–Trinajstić information content (AvgIpc) is 2.90. The third-order valence-electron chi connectivity index (χ3n) is 5.72. The highest BCUT2D eigenvalue weighted by molar-refractivity contribution is 5.67. The molecular weight excluding hydrogens is 446 g/mol. The van der Waals surface area contributed by atoms with Crippen LogP contribution in [0, 0.1) is 0 Å². The van der Waals surface area contributed by atoms with Gasteiger partial charge in [0, 0.05) is 31.0 Å². The molecule has 192 valence electrons. The molecule has 0 bridgehead atoms. The number of carboxylic acid groups (broad SMARTS) is 1. The Kier molecular flexibility index (Phi) is 13.8. The minimum Gasteiger partial charge on any atom is -0.481 e. The van der Waals surface area contributed by atoms with E-state index < -0.39 is 5.97 Å². The number of rotatable bonds is 9. The molecule has 0 unspecified atom stereocenters. The van der Waals surface area contributed by atoms with Crippen molar-refractivity contribution in [1.82, 2.24) is 20.2 Å². The SMILES string of the molecule is COc1ccccn1.O=CNCCC(=O)O.c1cc2c(nc1CCCN1CCCCC1)NCCC2. The van der Waals surface area contributed by atoms with E-state index in [-0.39, 0.29) is 13.0 Å². The van der Waals surface area contributed by atoms with Crippen molar-refractivity contribution in [2.75, 3.05) is 45.2 Å². The molecule has 2 aliphatic rings. The van der Waals surface area contributed by atoms with Crippen molar-refractivity contribution in [2.45, 2.75) is 51.4 Å². The Morgan fingerprint density at radius 1 is 1.20 bits per heavy atom. The van der Waals surface area contributed by atoms with Crippen molar-refractivity contribution in [3.8, 4) is 5.88 Å². The van der Waals surface area contributed by atoms with Crippen LogP contribution in [0.4, 0.5) is 5.82 Å². The smallest absolute Gasteiger partial charge is 0.305 e. The number of ether oxygens (including phenoxy) is 1. The highest BCUT2D eigenvalue weighted by Gasteiger charge is 2.12. The normalized spacial score (nSPS) is 14.5. The Morgan fingerprint density at radius 2 is 2.03 bits per heavy atom. The van der Waals surface area contributed by atoms with Crippen LogP contribution in [0.1, 0.15) is 49.8 Å². The zero-order chi connectivity index (χ0) is 25.1. The number of nitrogens with one attached hydrogen (secondary N) is 2. The molecule has 2 aromatic heterocycles. The standard InChI is InChI=1S/C16H25N3.C6H7NO.C4H7NO3/c1-2-11-19(12-3-1)13-5-7-15-9-8-14-6-4-10-17-16(14)18-15;1-8-6-4-2-3-5-7-6;6-3-5-2-1-4(7)8/h8-9H,1-7,10-13H2,(H,17,18);2-5H,1H3;3H,1-2H2,(H,5,6)(H,7,8). The van der Waals surface area contributed by atoms with E-state index in [0.717, 1.165) is 18.8 Å². The molecule has 2 aliphatic heterocycles. The summed E-state index contributed by atoms with van der Waals surface area (Å²) in [5.41, 5.74) is 2.65. The number of carbonyl (C=O) groups is 2. The number of piperidine rings is 1. The maximum absolute atomic E-state index is 9.72. The van der Waals surface area contributed by atoms with E-state index in [2.05, 4.69) is 32.7 Å². The molecule has 0 spiro atoms. The lowest BCUT2D eigenvalue weighted by atomic mass is 10.1. The van der Waals surface area contributed by atoms with Crippen LogP contribution in [-0.4, -0.2) is 72.2 Å². The van der Waals surface area contributed by atoms with E-state index >= 15 is 0 Å². The summed E-state index contributed by atoms with van der Waals surface area (Å²) >= 11 is 0. The number of likely N-dealkylation sites (tertiary alicyclic amines) is 1. The van der Waals surface area contributed by atoms with Gasteiger partial charge in [0.1, 0.15) is 5.82 Å². The number of nitrogens with zero attached hydrogens (tertiary/aromatic N) is 3. The topological polar surface area (TPSA) is 117 Å². The van der Waals surface area contributed by atoms with Crippen LogP contribution in [-0.2, 0) is 22.4 Å². The number of aromatic nitrogens is 2. The van der Waals surface area contributed by atoms with Crippen LogP contribution in [0.15, 0.2) is 36.5 Å². The van der Waals surface area contributed by atoms with Crippen LogP contribution in [0.3, 0.4) is 0 Å². The van der Waals surface area contributed by atoms with Gasteiger partial charge in [-0.2, -0.15) is 0 Å². The summed E-state index contributed by atoms with van der Waals surface area (Å²) in [6.07, 6.45) is 11.1. The van der Waals surface area contributed by atoms with Crippen LogP contribution in [0.25, 0.3) is 0 Å². The minimum absolute atomic E-state index is 0.0151. The Labute approximate surface area is 208 Å². The number of anilines is 1. The van der Waals surface area contributed by atoms with E-state index in [9.17, 15) is 9.59 Å². The van der Waals surface area contributed by atoms with Crippen molar-refractivity contribution < 1.29 is 19.4 Å². The number of methoxy groups -OCH3 is 1. The molecule has 9 heteroatoms. The molecule has 1 saturated heterocycles. The highest BCUT2D eigenvalue weighted by Crippen LogP contribution is 2.20. The van der Waals surface area contributed by atoms with Gasteiger partial charge in [0.2, 0.25) is 12.3 Å². The lowest BCUT2D eigenvalue weighted by Crippen LogP contribution is -2.30. The molecular formula is C26H39N5O4. The molecule has 1 fully saturated rings. The number of aliphatic carboxylic acids is 1. The van der Waals surface area contributed by atoms with Gasteiger partial charge in [0.25, 0.3) is 0 Å². The summed E-state index contributed by atoms with van der Waals surface area (Å²) in [5.74, 6) is 0.897. The highest BCUT2D eigenvalue weighted by atomic mass is 16.5. The number of hydrogen-bond acceptors (Lipinski definition) is 7. The lowest BCUT2D eigenvalue weighted by molar-refractivity contribution is -0.136. The molecule has 4 heterocycles. The summed E-state index contributed by atoms with van der Waals surface area (Å²) in [7, 11) is 1.60. The molecule has 1 amide bonds. The second-order valence-corrected chi connectivity index (χ2v) is 8.43. The van der Waals surface area contributed by atoms with Crippen LogP contribution in [0.2, 0.25) is 0 Å². The van der Waals surface area contributed by atoms with Crippen LogP contribution < -0.4 is 15.4 Å². The van der Waals surface area contributed by atoms with Crippen molar-refractivity contribution in [2.24, 2.45) is 0 Å². The Morgan fingerprint density at radius 3 is 2.69 bits per heavy atom. The van der Waals surface area contributed by atoms with Gasteiger partial charge in [0.05, 0.1) is 13.5 Å². The van der Waals surface area contributed by atoms with Gasteiger partial charge in [-0.3, -0.25) is 9.59 Å². The minimum atomic E-state index is -0.903. The van der Waals surface area contributed by atoms with Crippen molar-refractivity contribution in [3.05, 3.63) is 47.8 Å². The maximum Gasteiger partial charge on any atom is 0.305 e. The number of aryl methyl sites for hydroxylation is 2. The predicted molar refractivity (Wildman–Crippen MR) is 137 cm³/mol. The summed E-state index contributed by atoms with van der Waals surface area (Å²) in [5, 5.41) is 13.6. The van der Waals surface area contributed by atoms with Crippen molar-refractivity contribution >= 4 is 18.2 Å². The van der Waals surface area contributed by atoms with Gasteiger partial charge in [0.15, 0.2) is 0 Å². The molecule has 4 rings (SSSR count). The fourth-order valence-corrected chi connectivity index (χ4v) is 3.88. The zero-order valence-corrected chi connectivity index (χ0v) is 20.7. The van der Waals surface area contributed by atoms with Gasteiger partial charge in [-0.25, -0.2) is 9.97 Å². The first-order chi connectivity index (χ1) is 17.1. The number of pyridine rings is 2. The average molecular weight is 486 g/mol. The van der Waals surface area contributed by atoms with E-state index in [1.807, 2.05) is 12.1 Å². The Bertz CT molecular complexity index is 860. The van der Waals surface area contributed by atoms with E-state index in [4.69, 9.17) is 14.8 Å². The lowest BCUT2D eigenvalue weighted by Gasteiger charge is -2.26. The third-order valence-corrected chi connectivity index (χ3v) is 5.72. The molecule has 3 N–H and O–H groups in total. The second kappa shape index (κ2) is 17.3. The number of amides is 1. The largest absolute Gasteiger partial charge is 0.481 e. The Balaban J connectivity index is 0.000000224. The van der Waals surface area contributed by atoms with Gasteiger partial charge in [-0.15, -0.1) is 0 Å². The molecule has 0 saturated carbocycles. The molecule has 0 radical (unpaired) electrons. The summed E-state index contributed by atoms with van der Waals surface area (Å²) in [6, 6.07) is 10.0. The number of carbonyl (C=O) groups excluding carboxylic acids is 1. The number of fused-ring (bicyclic) bond motifs is 1. The van der Waals surface area contributed by atoms with Gasteiger partial charge < -0.3 is 25.4 Å². The second-order valence-electron chi connectivity index (χ2n) is 8.43. The Hall–Kier alpha value is -3.20. The fourth-order valence-electron chi connectivity index (χ4n) is 3.88. The molecule has 0 atom stereocenters. The first kappa shape index (κ1) is 28.0. The van der Waals surface area contributed by atoms with Crippen molar-refractivity contribution in [3.63, 3.8) is 0 Å². The predicted octanol–water partition coefficient (Wildman–Crippen LogP) is 3.16. The fraction of sp³-hybridized carbons (Fsp3) is 0.538. The summed E-state index contributed by atoms with van der Waals surface area (Å²) in [6.45, 7) is 5.14. The third kappa shape index (κ3) is 12.2. The number of carboxylic acids is 1. The van der Waals surface area contributed by atoms with E-state index in [0.29, 0.717) is 12.3 Å². The summed E-state index contributed by atoms with van der Waals surface area (Å²) in [4.78, 5) is 30.5. The molecule has 0 aliphatic carbocycles. The monoisotopic (exact) mass is 485 g/mol. The maximum atomic E-state index is 9.72. The first-order valence-electron chi connectivity index (χ1n) is 12.4. The number of hydrogen-bond donors (Lipinski definition) is 3. The van der Waals surface area contributed by atoms with Crippen molar-refractivity contribution in [1.29, 1.82) is 0 Å². The molecule has 35 heavy (non-hydrogen) atoms. The molecule has 0 aromatic carbocycles. The van der Waals surface area contributed by atoms with Crippen LogP contribution in [0.5, 0.6) is 5.88 Å². The zero-order valence-electron chi connectivity index (χ0n) is 20.7. The van der Waals surface area contributed by atoms with Gasteiger partial charge in [-0.05, 0) is 75.9 Å². The molecule has 2 aromatic rings. The van der Waals surface area contributed by atoms with Crippen LogP contribution >= 0.6 is 0 Å². The first-order valence-corrected chi connectivity index (χ1v) is 12.4.